The van der Waals surface area contributed by atoms with Gasteiger partial charge in [0.2, 0.25) is 0 Å². The summed E-state index contributed by atoms with van der Waals surface area (Å²) in [6.07, 6.45) is 3.21. The molecule has 30 heavy (non-hydrogen) atoms. The molecule has 0 atom stereocenters. The molecule has 3 amide bonds. The number of nitrogens with one attached hydrogen (secondary N) is 1. The van der Waals surface area contributed by atoms with Crippen molar-refractivity contribution in [3.8, 4) is 0 Å². The summed E-state index contributed by atoms with van der Waals surface area (Å²) in [5, 5.41) is 2.79. The highest BCUT2D eigenvalue weighted by Gasteiger charge is 2.30. The number of urea groups is 1. The number of hydrogen-bond donors (Lipinski definition) is 1. The number of nitrogens with zero attached hydrogens (tertiary/aromatic N) is 4. The zero-order valence-corrected chi connectivity index (χ0v) is 16.2. The van der Waals surface area contributed by atoms with E-state index in [1.165, 1.54) is 18.3 Å². The monoisotopic (exact) mass is 405 g/mol. The molecule has 1 aliphatic rings. The van der Waals surface area contributed by atoms with Crippen molar-refractivity contribution in [3.63, 3.8) is 0 Å². The third-order valence-corrected chi connectivity index (χ3v) is 4.82. The zero-order valence-electron chi connectivity index (χ0n) is 16.2. The predicted molar refractivity (Wildman–Crippen MR) is 109 cm³/mol. The minimum absolute atomic E-state index is 0.169. The molecule has 2 aromatic heterocycles. The summed E-state index contributed by atoms with van der Waals surface area (Å²) in [6.45, 7) is 1.74. The van der Waals surface area contributed by atoms with Gasteiger partial charge in [0.25, 0.3) is 5.91 Å². The Kier molecular flexibility index (Phi) is 5.65. The van der Waals surface area contributed by atoms with Crippen molar-refractivity contribution in [1.29, 1.82) is 0 Å². The van der Waals surface area contributed by atoms with E-state index in [1.54, 1.807) is 40.3 Å². The number of amides is 3. The third kappa shape index (κ3) is 4.43. The average Bonchev–Trinajstić information content (AvgIpc) is 3.14. The van der Waals surface area contributed by atoms with Gasteiger partial charge >= 0.3 is 6.03 Å². The number of halogens is 1. The van der Waals surface area contributed by atoms with Gasteiger partial charge in [-0.25, -0.2) is 14.2 Å². The van der Waals surface area contributed by atoms with Gasteiger partial charge in [0.05, 0.1) is 12.2 Å². The SMILES string of the molecule is O=C(NCc1ccc(F)cc1)c1ccnc(N2CCN(Cc3ccccn3)C2=O)c1. The Morgan fingerprint density at radius 3 is 2.63 bits per heavy atom. The number of carbonyl (C=O) groups excluding carboxylic acids is 2. The van der Waals surface area contributed by atoms with Crippen LogP contribution >= 0.6 is 0 Å². The van der Waals surface area contributed by atoms with Gasteiger partial charge in [-0.3, -0.25) is 14.7 Å². The van der Waals surface area contributed by atoms with Crippen LogP contribution < -0.4 is 10.2 Å². The maximum Gasteiger partial charge on any atom is 0.326 e. The van der Waals surface area contributed by atoms with E-state index in [-0.39, 0.29) is 24.3 Å². The van der Waals surface area contributed by atoms with Crippen LogP contribution in [0.25, 0.3) is 0 Å². The van der Waals surface area contributed by atoms with Crippen LogP contribution in [0.4, 0.5) is 15.0 Å². The van der Waals surface area contributed by atoms with E-state index >= 15 is 0 Å². The standard InChI is InChI=1S/C22H20FN5O2/c23-18-6-4-16(5-7-18)14-26-21(29)17-8-10-25-20(13-17)28-12-11-27(22(28)30)15-19-3-1-2-9-24-19/h1-10,13H,11-12,14-15H2,(H,26,29). The van der Waals surface area contributed by atoms with Crippen molar-refractivity contribution in [2.45, 2.75) is 13.1 Å². The first-order valence-corrected chi connectivity index (χ1v) is 9.55. The summed E-state index contributed by atoms with van der Waals surface area (Å²) in [5.41, 5.74) is 2.01. The van der Waals surface area contributed by atoms with E-state index in [1.807, 2.05) is 18.2 Å². The smallest absolute Gasteiger partial charge is 0.326 e. The van der Waals surface area contributed by atoms with Gasteiger partial charge in [-0.15, -0.1) is 0 Å². The van der Waals surface area contributed by atoms with Gasteiger partial charge in [-0.05, 0) is 42.0 Å². The molecule has 0 bridgehead atoms. The number of carbonyl (C=O) groups is 2. The van der Waals surface area contributed by atoms with Crippen LogP contribution in [0.15, 0.2) is 67.0 Å². The molecule has 0 saturated carbocycles. The molecule has 0 spiro atoms. The molecule has 1 saturated heterocycles. The van der Waals surface area contributed by atoms with Gasteiger partial charge in [-0.2, -0.15) is 0 Å². The molecule has 1 aliphatic heterocycles. The van der Waals surface area contributed by atoms with Crippen LogP contribution in [0.5, 0.6) is 0 Å². The average molecular weight is 405 g/mol. The summed E-state index contributed by atoms with van der Waals surface area (Å²) in [5.74, 6) is -0.186. The normalized spacial score (nSPS) is 13.6. The second-order valence-electron chi connectivity index (χ2n) is 6.89. The molecule has 7 nitrogen and oxygen atoms in total. The van der Waals surface area contributed by atoms with Crippen LogP contribution in [-0.2, 0) is 13.1 Å². The lowest BCUT2D eigenvalue weighted by molar-refractivity contribution is 0.0950. The lowest BCUT2D eigenvalue weighted by atomic mass is 10.2. The molecule has 3 aromatic rings. The third-order valence-electron chi connectivity index (χ3n) is 4.82. The van der Waals surface area contributed by atoms with Crippen molar-refractivity contribution < 1.29 is 14.0 Å². The predicted octanol–water partition coefficient (Wildman–Crippen LogP) is 2.99. The Morgan fingerprint density at radius 2 is 1.87 bits per heavy atom. The van der Waals surface area contributed by atoms with Crippen LogP contribution in [0.2, 0.25) is 0 Å². The van der Waals surface area contributed by atoms with Crippen molar-refractivity contribution in [1.82, 2.24) is 20.2 Å². The molecule has 1 N–H and O–H groups in total. The number of anilines is 1. The minimum Gasteiger partial charge on any atom is -0.348 e. The van der Waals surface area contributed by atoms with E-state index in [0.29, 0.717) is 31.0 Å². The Bertz CT molecular complexity index is 1040. The molecule has 8 heteroatoms. The largest absolute Gasteiger partial charge is 0.348 e. The summed E-state index contributed by atoms with van der Waals surface area (Å²) >= 11 is 0. The van der Waals surface area contributed by atoms with Crippen molar-refractivity contribution >= 4 is 17.8 Å². The first-order chi connectivity index (χ1) is 14.6. The highest BCUT2D eigenvalue weighted by Crippen LogP contribution is 2.20. The lowest BCUT2D eigenvalue weighted by Gasteiger charge is -2.18. The quantitative estimate of drug-likeness (QED) is 0.684. The first-order valence-electron chi connectivity index (χ1n) is 9.55. The fraction of sp³-hybridized carbons (Fsp3) is 0.182. The number of rotatable bonds is 6. The molecule has 1 fully saturated rings. The van der Waals surface area contributed by atoms with Gasteiger partial charge < -0.3 is 10.2 Å². The minimum atomic E-state index is -0.323. The van der Waals surface area contributed by atoms with Gasteiger partial charge in [0.1, 0.15) is 11.6 Å². The van der Waals surface area contributed by atoms with Crippen molar-refractivity contribution in [3.05, 3.63) is 89.6 Å². The molecule has 4 rings (SSSR count). The molecule has 0 radical (unpaired) electrons. The second-order valence-corrected chi connectivity index (χ2v) is 6.89. The number of benzene rings is 1. The molecular formula is C22H20FN5O2. The number of pyridine rings is 2. The molecule has 152 valence electrons. The van der Waals surface area contributed by atoms with E-state index in [4.69, 9.17) is 0 Å². The van der Waals surface area contributed by atoms with Gasteiger partial charge in [0.15, 0.2) is 0 Å². The fourth-order valence-electron chi connectivity index (χ4n) is 3.22. The Balaban J connectivity index is 1.40. The highest BCUT2D eigenvalue weighted by molar-refractivity contribution is 5.97. The van der Waals surface area contributed by atoms with Crippen LogP contribution in [0.1, 0.15) is 21.6 Å². The van der Waals surface area contributed by atoms with Crippen molar-refractivity contribution in [2.24, 2.45) is 0 Å². The maximum absolute atomic E-state index is 13.0. The van der Waals surface area contributed by atoms with Gasteiger partial charge in [0, 0.05) is 37.6 Å². The Hall–Kier alpha value is -3.81. The van der Waals surface area contributed by atoms with Gasteiger partial charge in [-0.1, -0.05) is 18.2 Å². The fourth-order valence-corrected chi connectivity index (χ4v) is 3.22. The van der Waals surface area contributed by atoms with Crippen LogP contribution in [0.3, 0.4) is 0 Å². The Labute approximate surface area is 173 Å². The number of aromatic nitrogens is 2. The zero-order chi connectivity index (χ0) is 20.9. The van der Waals surface area contributed by atoms with E-state index < -0.39 is 0 Å². The first kappa shape index (κ1) is 19.5. The summed E-state index contributed by atoms with van der Waals surface area (Å²) in [6, 6.07) is 14.5. The van der Waals surface area contributed by atoms with E-state index in [0.717, 1.165) is 11.3 Å². The lowest BCUT2D eigenvalue weighted by Crippen LogP contribution is -2.32. The molecule has 1 aromatic carbocycles. The van der Waals surface area contributed by atoms with Crippen LogP contribution in [0, 0.1) is 5.82 Å². The highest BCUT2D eigenvalue weighted by atomic mass is 19.1. The summed E-state index contributed by atoms with van der Waals surface area (Å²) in [7, 11) is 0. The van der Waals surface area contributed by atoms with Crippen LogP contribution in [-0.4, -0.2) is 39.9 Å². The molecule has 3 heterocycles. The number of hydrogen-bond acceptors (Lipinski definition) is 4. The maximum atomic E-state index is 13.0. The molecule has 0 aliphatic carbocycles. The molecular weight excluding hydrogens is 385 g/mol. The summed E-state index contributed by atoms with van der Waals surface area (Å²) in [4.78, 5) is 37.1. The second kappa shape index (κ2) is 8.69. The Morgan fingerprint density at radius 1 is 1.03 bits per heavy atom. The molecule has 0 unspecified atom stereocenters. The topological polar surface area (TPSA) is 78.4 Å². The van der Waals surface area contributed by atoms with E-state index in [9.17, 15) is 14.0 Å². The van der Waals surface area contributed by atoms with Crippen molar-refractivity contribution in [2.75, 3.05) is 18.0 Å². The van der Waals surface area contributed by atoms with E-state index in [2.05, 4.69) is 15.3 Å². The summed E-state index contributed by atoms with van der Waals surface area (Å²) < 4.78 is 13.0.